The van der Waals surface area contributed by atoms with Crippen LogP contribution in [0.1, 0.15) is 20.8 Å². The van der Waals surface area contributed by atoms with Crippen molar-refractivity contribution in [2.24, 2.45) is 5.73 Å². The maximum absolute atomic E-state index is 11.0. The van der Waals surface area contributed by atoms with Crippen molar-refractivity contribution < 1.29 is 4.79 Å². The minimum Gasteiger partial charge on any atom is -0.368 e. The van der Waals surface area contributed by atoms with Crippen LogP contribution in [-0.2, 0) is 4.79 Å². The van der Waals surface area contributed by atoms with Crippen LogP contribution in [0.25, 0.3) is 0 Å². The molecule has 1 unspecified atom stereocenters. The summed E-state index contributed by atoms with van der Waals surface area (Å²) >= 11 is 0. The van der Waals surface area contributed by atoms with Crippen LogP contribution in [0, 0.1) is 0 Å². The average Bonchev–Trinajstić information content (AvgIpc) is 2.03. The van der Waals surface area contributed by atoms with Gasteiger partial charge in [0.1, 0.15) is 0 Å². The molecule has 0 saturated heterocycles. The Morgan fingerprint density at radius 2 is 2.08 bits per heavy atom. The average molecular weight is 187 g/mol. The van der Waals surface area contributed by atoms with Crippen LogP contribution >= 0.6 is 0 Å². The summed E-state index contributed by atoms with van der Waals surface area (Å²) in [5, 5.41) is 3.05. The van der Waals surface area contributed by atoms with Crippen molar-refractivity contribution in [3.8, 4) is 0 Å². The second kappa shape index (κ2) is 5.94. The van der Waals surface area contributed by atoms with Gasteiger partial charge in [0, 0.05) is 12.6 Å². The predicted molar refractivity (Wildman–Crippen MR) is 54.4 cm³/mol. The lowest BCUT2D eigenvalue weighted by Crippen LogP contribution is -2.49. The van der Waals surface area contributed by atoms with Gasteiger partial charge < -0.3 is 16.0 Å². The molecule has 0 saturated carbocycles. The fourth-order valence-corrected chi connectivity index (χ4v) is 1.00. The van der Waals surface area contributed by atoms with Crippen LogP contribution in [0.2, 0.25) is 0 Å². The molecule has 0 fully saturated rings. The molecule has 0 heterocycles. The summed E-state index contributed by atoms with van der Waals surface area (Å²) < 4.78 is 0. The van der Waals surface area contributed by atoms with Crippen LogP contribution in [-0.4, -0.2) is 43.0 Å². The van der Waals surface area contributed by atoms with Crippen LogP contribution in [0.4, 0.5) is 0 Å². The van der Waals surface area contributed by atoms with Crippen molar-refractivity contribution in [1.29, 1.82) is 0 Å². The number of amides is 1. The number of carbonyl (C=O) groups is 1. The zero-order valence-electron chi connectivity index (χ0n) is 9.00. The van der Waals surface area contributed by atoms with Gasteiger partial charge in [0.2, 0.25) is 5.91 Å². The van der Waals surface area contributed by atoms with Gasteiger partial charge in [0.25, 0.3) is 0 Å². The van der Waals surface area contributed by atoms with E-state index in [1.807, 2.05) is 14.0 Å². The van der Waals surface area contributed by atoms with E-state index in [9.17, 15) is 4.79 Å². The minimum atomic E-state index is -0.283. The largest absolute Gasteiger partial charge is 0.368 e. The van der Waals surface area contributed by atoms with Crippen molar-refractivity contribution in [2.45, 2.75) is 32.9 Å². The van der Waals surface area contributed by atoms with E-state index in [4.69, 9.17) is 5.73 Å². The maximum atomic E-state index is 11.0. The third-order valence-electron chi connectivity index (χ3n) is 2.15. The Balaban J connectivity index is 4.01. The molecule has 0 bridgehead atoms. The van der Waals surface area contributed by atoms with Gasteiger partial charge in [-0.2, -0.15) is 0 Å². The van der Waals surface area contributed by atoms with Gasteiger partial charge in [-0.25, -0.2) is 0 Å². The molecule has 78 valence electrons. The Morgan fingerprint density at radius 3 is 2.38 bits per heavy atom. The van der Waals surface area contributed by atoms with Crippen LogP contribution < -0.4 is 11.1 Å². The Kier molecular flexibility index (Phi) is 5.66. The molecular formula is C9H21N3O. The van der Waals surface area contributed by atoms with E-state index in [0.717, 1.165) is 6.54 Å². The van der Waals surface area contributed by atoms with Crippen molar-refractivity contribution >= 4 is 5.91 Å². The van der Waals surface area contributed by atoms with Crippen molar-refractivity contribution in [1.82, 2.24) is 10.2 Å². The molecule has 13 heavy (non-hydrogen) atoms. The zero-order chi connectivity index (χ0) is 10.4. The molecule has 4 heteroatoms. The highest BCUT2D eigenvalue weighted by molar-refractivity contribution is 5.80. The normalized spacial score (nSPS) is 13.7. The first-order valence-electron chi connectivity index (χ1n) is 4.72. The fourth-order valence-electron chi connectivity index (χ4n) is 1.00. The van der Waals surface area contributed by atoms with E-state index in [0.29, 0.717) is 12.6 Å². The highest BCUT2D eigenvalue weighted by Crippen LogP contribution is 1.95. The Morgan fingerprint density at radius 1 is 1.54 bits per heavy atom. The second-order valence-electron chi connectivity index (χ2n) is 3.55. The zero-order valence-corrected chi connectivity index (χ0v) is 9.00. The standard InChI is InChI=1S/C9H21N3O/c1-5-11-8(9(10)13)6-12(4)7(2)3/h7-8,11H,5-6H2,1-4H3,(H2,10,13). The van der Waals surface area contributed by atoms with E-state index in [1.165, 1.54) is 0 Å². The molecule has 1 amide bonds. The number of nitrogens with zero attached hydrogens (tertiary/aromatic N) is 1. The molecule has 0 aliphatic heterocycles. The molecule has 3 N–H and O–H groups in total. The number of carbonyl (C=O) groups excluding carboxylic acids is 1. The number of rotatable bonds is 6. The Bertz CT molecular complexity index is 159. The number of nitrogens with two attached hydrogens (primary N) is 1. The number of likely N-dealkylation sites (N-methyl/N-ethyl adjacent to an activating group) is 2. The first kappa shape index (κ1) is 12.4. The van der Waals surface area contributed by atoms with E-state index in [-0.39, 0.29) is 11.9 Å². The van der Waals surface area contributed by atoms with Crippen molar-refractivity contribution in [3.05, 3.63) is 0 Å². The van der Waals surface area contributed by atoms with E-state index >= 15 is 0 Å². The van der Waals surface area contributed by atoms with Crippen LogP contribution in [0.5, 0.6) is 0 Å². The SMILES string of the molecule is CCNC(CN(C)C(C)C)C(N)=O. The van der Waals surface area contributed by atoms with E-state index < -0.39 is 0 Å². The molecule has 0 aliphatic rings. The quantitative estimate of drug-likeness (QED) is 0.605. The summed E-state index contributed by atoms with van der Waals surface area (Å²) in [4.78, 5) is 13.1. The Labute approximate surface area is 80.5 Å². The van der Waals surface area contributed by atoms with Crippen molar-refractivity contribution in [3.63, 3.8) is 0 Å². The second-order valence-corrected chi connectivity index (χ2v) is 3.55. The number of primary amides is 1. The maximum Gasteiger partial charge on any atom is 0.235 e. The van der Waals surface area contributed by atoms with Gasteiger partial charge in [0.05, 0.1) is 6.04 Å². The molecule has 0 aromatic heterocycles. The molecule has 0 spiro atoms. The first-order valence-corrected chi connectivity index (χ1v) is 4.72. The monoisotopic (exact) mass is 187 g/mol. The summed E-state index contributed by atoms with van der Waals surface area (Å²) in [7, 11) is 1.98. The highest BCUT2D eigenvalue weighted by atomic mass is 16.1. The molecule has 0 aromatic rings. The molecular weight excluding hydrogens is 166 g/mol. The van der Waals surface area contributed by atoms with Gasteiger partial charge >= 0.3 is 0 Å². The third kappa shape index (κ3) is 4.85. The smallest absolute Gasteiger partial charge is 0.235 e. The summed E-state index contributed by atoms with van der Waals surface area (Å²) in [6, 6.07) is 0.193. The molecule has 0 aliphatic carbocycles. The number of nitrogens with one attached hydrogen (secondary N) is 1. The molecule has 1 atom stereocenters. The predicted octanol–water partition coefficient (Wildman–Crippen LogP) is -0.210. The van der Waals surface area contributed by atoms with Gasteiger partial charge in [-0.1, -0.05) is 6.92 Å². The lowest BCUT2D eigenvalue weighted by molar-refractivity contribution is -0.120. The number of hydrogen-bond donors (Lipinski definition) is 2. The fraction of sp³-hybridized carbons (Fsp3) is 0.889. The van der Waals surface area contributed by atoms with Crippen molar-refractivity contribution in [2.75, 3.05) is 20.1 Å². The summed E-state index contributed by atoms with van der Waals surface area (Å²) in [5.74, 6) is -0.283. The Hall–Kier alpha value is -0.610. The minimum absolute atomic E-state index is 0.239. The summed E-state index contributed by atoms with van der Waals surface area (Å²) in [5.41, 5.74) is 5.24. The number of hydrogen-bond acceptors (Lipinski definition) is 3. The van der Waals surface area contributed by atoms with Crippen LogP contribution in [0.3, 0.4) is 0 Å². The lowest BCUT2D eigenvalue weighted by Gasteiger charge is -2.25. The van der Waals surface area contributed by atoms with Crippen LogP contribution in [0.15, 0.2) is 0 Å². The summed E-state index contributed by atoms with van der Waals surface area (Å²) in [6.45, 7) is 7.57. The topological polar surface area (TPSA) is 58.4 Å². The lowest BCUT2D eigenvalue weighted by atomic mass is 10.2. The van der Waals surface area contributed by atoms with Gasteiger partial charge in [0.15, 0.2) is 0 Å². The van der Waals surface area contributed by atoms with Gasteiger partial charge in [-0.3, -0.25) is 4.79 Å². The van der Waals surface area contributed by atoms with Gasteiger partial charge in [-0.05, 0) is 27.4 Å². The molecule has 4 nitrogen and oxygen atoms in total. The summed E-state index contributed by atoms with van der Waals surface area (Å²) in [6.07, 6.45) is 0. The first-order chi connectivity index (χ1) is 5.99. The highest BCUT2D eigenvalue weighted by Gasteiger charge is 2.16. The van der Waals surface area contributed by atoms with E-state index in [1.54, 1.807) is 0 Å². The molecule has 0 radical (unpaired) electrons. The van der Waals surface area contributed by atoms with Gasteiger partial charge in [-0.15, -0.1) is 0 Å². The molecule has 0 rings (SSSR count). The third-order valence-corrected chi connectivity index (χ3v) is 2.15. The van der Waals surface area contributed by atoms with E-state index in [2.05, 4.69) is 24.1 Å². The molecule has 0 aromatic carbocycles.